The molecule has 4 nitrogen and oxygen atoms in total. The monoisotopic (exact) mass is 470 g/mol. The van der Waals surface area contributed by atoms with Gasteiger partial charge in [-0.1, -0.05) is 6.07 Å². The Morgan fingerprint density at radius 1 is 0.933 bits per heavy atom. The van der Waals surface area contributed by atoms with Crippen LogP contribution in [0.15, 0.2) is 60.9 Å². The second kappa shape index (κ2) is 7.55. The van der Waals surface area contributed by atoms with Crippen LogP contribution in [0.3, 0.4) is 0 Å². The molecule has 0 spiro atoms. The van der Waals surface area contributed by atoms with Gasteiger partial charge in [-0.05, 0) is 0 Å². The first kappa shape index (κ1) is 19.3. The predicted molar refractivity (Wildman–Crippen MR) is 111 cm³/mol. The zero-order valence-corrected chi connectivity index (χ0v) is 18.0. The summed E-state index contributed by atoms with van der Waals surface area (Å²) >= 11 is -0.746. The molecule has 1 unspecified atom stereocenters. The van der Waals surface area contributed by atoms with E-state index in [0.717, 1.165) is 29.5 Å². The summed E-state index contributed by atoms with van der Waals surface area (Å²) in [5, 5.41) is 0. The van der Waals surface area contributed by atoms with Gasteiger partial charge in [0, 0.05) is 0 Å². The SMILES string of the molecule is FC(F)(F)c1nc([AsH]C2CC2)c2ncn(Cc3ccc(-c4ccccc4)cc3)c2n1. The molecule has 0 saturated heterocycles. The molecule has 152 valence electrons. The van der Waals surface area contributed by atoms with Crippen molar-refractivity contribution >= 4 is 31.4 Å². The normalized spacial score (nSPS) is 14.8. The number of benzene rings is 2. The Balaban J connectivity index is 1.48. The third kappa shape index (κ3) is 3.99. The van der Waals surface area contributed by atoms with Gasteiger partial charge in [0.1, 0.15) is 0 Å². The minimum absolute atomic E-state index is 0.267. The third-order valence-corrected chi connectivity index (χ3v) is 8.42. The van der Waals surface area contributed by atoms with Gasteiger partial charge < -0.3 is 0 Å². The standard InChI is InChI=1S/C22H18AsF3N4/c24-22(25,26)21-28-19(23-17-10-11-17)18-20(29-21)30(13-27-18)12-14-6-8-16(9-7-14)15-4-2-1-3-5-15/h1-9,13,17,23H,10-12H2. The molecule has 1 atom stereocenters. The maximum atomic E-state index is 13.4. The zero-order valence-electron chi connectivity index (χ0n) is 15.9. The number of fused-ring (bicyclic) bond motifs is 1. The minimum atomic E-state index is -4.56. The molecule has 0 radical (unpaired) electrons. The quantitative estimate of drug-likeness (QED) is 0.411. The molecule has 0 N–H and O–H groups in total. The molecule has 1 saturated carbocycles. The Morgan fingerprint density at radius 2 is 1.63 bits per heavy atom. The second-order valence-corrected chi connectivity index (χ2v) is 10.7. The van der Waals surface area contributed by atoms with Crippen molar-refractivity contribution in [2.45, 2.75) is 30.3 Å². The maximum absolute atomic E-state index is 13.4. The fraction of sp³-hybridized carbons (Fsp3) is 0.227. The Labute approximate surface area is 177 Å². The number of rotatable bonds is 5. The van der Waals surface area contributed by atoms with E-state index in [0.29, 0.717) is 21.2 Å². The van der Waals surface area contributed by atoms with E-state index >= 15 is 0 Å². The van der Waals surface area contributed by atoms with Gasteiger partial charge in [0.2, 0.25) is 0 Å². The molecule has 2 heterocycles. The van der Waals surface area contributed by atoms with Crippen LogP contribution in [0.1, 0.15) is 24.2 Å². The van der Waals surface area contributed by atoms with Gasteiger partial charge in [-0.25, -0.2) is 0 Å². The average molecular weight is 470 g/mol. The van der Waals surface area contributed by atoms with E-state index in [1.807, 2.05) is 54.6 Å². The number of alkyl halides is 3. The average Bonchev–Trinajstić information content (AvgIpc) is 3.47. The van der Waals surface area contributed by atoms with E-state index in [9.17, 15) is 13.2 Å². The summed E-state index contributed by atoms with van der Waals surface area (Å²) in [4.78, 5) is 12.1. The summed E-state index contributed by atoms with van der Waals surface area (Å²) in [6, 6.07) is 18.0. The van der Waals surface area contributed by atoms with Gasteiger partial charge in [0.25, 0.3) is 0 Å². The second-order valence-electron chi connectivity index (χ2n) is 7.42. The number of halogens is 3. The summed E-state index contributed by atoms with van der Waals surface area (Å²) in [7, 11) is 0. The Hall–Kier alpha value is -2.66. The molecule has 30 heavy (non-hydrogen) atoms. The Kier molecular flexibility index (Phi) is 4.86. The first-order valence-corrected chi connectivity index (χ1v) is 11.9. The number of hydrogen-bond donors (Lipinski definition) is 0. The van der Waals surface area contributed by atoms with Crippen LogP contribution in [0.4, 0.5) is 13.2 Å². The van der Waals surface area contributed by atoms with Gasteiger partial charge >= 0.3 is 172 Å². The molecule has 1 aliphatic rings. The van der Waals surface area contributed by atoms with Crippen molar-refractivity contribution in [3.8, 4) is 11.1 Å². The van der Waals surface area contributed by atoms with Crippen LogP contribution in [-0.4, -0.2) is 35.3 Å². The van der Waals surface area contributed by atoms with Crippen LogP contribution in [0, 0.1) is 0 Å². The molecule has 0 amide bonds. The van der Waals surface area contributed by atoms with Crippen molar-refractivity contribution in [3.63, 3.8) is 0 Å². The molecule has 2 aromatic heterocycles. The first-order chi connectivity index (χ1) is 14.5. The van der Waals surface area contributed by atoms with Crippen molar-refractivity contribution in [1.82, 2.24) is 19.5 Å². The van der Waals surface area contributed by atoms with Crippen molar-refractivity contribution in [1.29, 1.82) is 0 Å². The molecular weight excluding hydrogens is 452 g/mol. The number of hydrogen-bond acceptors (Lipinski definition) is 3. The molecule has 5 rings (SSSR count). The third-order valence-electron chi connectivity index (χ3n) is 5.05. The van der Waals surface area contributed by atoms with E-state index in [4.69, 9.17) is 0 Å². The van der Waals surface area contributed by atoms with Crippen LogP contribution in [0.5, 0.6) is 0 Å². The molecule has 2 aromatic carbocycles. The molecule has 0 aliphatic heterocycles. The number of nitrogens with zero attached hydrogens (tertiary/aromatic N) is 4. The fourth-order valence-corrected chi connectivity index (χ4v) is 6.12. The summed E-state index contributed by atoms with van der Waals surface area (Å²) in [5.74, 6) is -1.06. The summed E-state index contributed by atoms with van der Waals surface area (Å²) in [6.07, 6.45) is -0.819. The van der Waals surface area contributed by atoms with Gasteiger partial charge in [-0.15, -0.1) is 0 Å². The summed E-state index contributed by atoms with van der Waals surface area (Å²) in [6.45, 7) is 0.406. The van der Waals surface area contributed by atoms with Crippen LogP contribution in [-0.2, 0) is 12.7 Å². The molecule has 1 aliphatic carbocycles. The molecule has 0 bridgehead atoms. The summed E-state index contributed by atoms with van der Waals surface area (Å²) < 4.78 is 42.9. The molecule has 1 fully saturated rings. The Bertz CT molecular complexity index is 1180. The topological polar surface area (TPSA) is 43.6 Å². The van der Waals surface area contributed by atoms with E-state index in [-0.39, 0.29) is 5.65 Å². The van der Waals surface area contributed by atoms with Crippen LogP contribution < -0.4 is 4.48 Å². The predicted octanol–water partition coefficient (Wildman–Crippen LogP) is 4.20. The van der Waals surface area contributed by atoms with E-state index < -0.39 is 27.8 Å². The molecular formula is C22H18AsF3N4. The van der Waals surface area contributed by atoms with Crippen LogP contribution >= 0.6 is 0 Å². The molecule has 8 heteroatoms. The van der Waals surface area contributed by atoms with Gasteiger partial charge in [-0.2, -0.15) is 0 Å². The number of imidazole rings is 1. The fourth-order valence-electron chi connectivity index (χ4n) is 3.34. The van der Waals surface area contributed by atoms with Crippen LogP contribution in [0.25, 0.3) is 22.3 Å². The number of aromatic nitrogens is 4. The molecule has 4 aromatic rings. The Morgan fingerprint density at radius 3 is 2.30 bits per heavy atom. The van der Waals surface area contributed by atoms with Crippen molar-refractivity contribution in [2.24, 2.45) is 0 Å². The van der Waals surface area contributed by atoms with Crippen molar-refractivity contribution < 1.29 is 13.2 Å². The van der Waals surface area contributed by atoms with Gasteiger partial charge in [0.15, 0.2) is 0 Å². The van der Waals surface area contributed by atoms with Gasteiger partial charge in [-0.3, -0.25) is 0 Å². The van der Waals surface area contributed by atoms with E-state index in [1.54, 1.807) is 10.9 Å². The van der Waals surface area contributed by atoms with E-state index in [1.165, 1.54) is 0 Å². The van der Waals surface area contributed by atoms with Crippen LogP contribution in [0.2, 0.25) is 4.71 Å². The van der Waals surface area contributed by atoms with Crippen molar-refractivity contribution in [2.75, 3.05) is 0 Å². The zero-order chi connectivity index (χ0) is 20.7. The van der Waals surface area contributed by atoms with E-state index in [2.05, 4.69) is 15.0 Å². The van der Waals surface area contributed by atoms with Gasteiger partial charge in [0.05, 0.1) is 0 Å². The summed E-state index contributed by atoms with van der Waals surface area (Å²) in [5.41, 5.74) is 3.98. The first-order valence-electron chi connectivity index (χ1n) is 9.68. The van der Waals surface area contributed by atoms with Crippen molar-refractivity contribution in [3.05, 3.63) is 72.3 Å².